The van der Waals surface area contributed by atoms with Gasteiger partial charge in [0.25, 0.3) is 5.91 Å². The highest BCUT2D eigenvalue weighted by atomic mass is 127. The summed E-state index contributed by atoms with van der Waals surface area (Å²) in [6.45, 7) is 4.41. The van der Waals surface area contributed by atoms with Crippen LogP contribution in [0.5, 0.6) is 11.5 Å². The van der Waals surface area contributed by atoms with E-state index in [1.54, 1.807) is 18.2 Å². The quantitative estimate of drug-likeness (QED) is 0.267. The average Bonchev–Trinajstić information content (AvgIpc) is 2.61. The van der Waals surface area contributed by atoms with Gasteiger partial charge in [-0.15, -0.1) is 6.42 Å². The van der Waals surface area contributed by atoms with Gasteiger partial charge in [0.1, 0.15) is 6.61 Å². The molecule has 0 aliphatic carbocycles. The number of hydrogen-bond acceptors (Lipinski definition) is 4. The van der Waals surface area contributed by atoms with Crippen LogP contribution < -0.4 is 14.9 Å². The zero-order valence-corrected chi connectivity index (χ0v) is 17.8. The molecular formula is C20H18ClIN2O3. The van der Waals surface area contributed by atoms with E-state index >= 15 is 0 Å². The van der Waals surface area contributed by atoms with Gasteiger partial charge in [-0.05, 0) is 71.8 Å². The van der Waals surface area contributed by atoms with Crippen molar-refractivity contribution in [3.8, 4) is 23.8 Å². The number of terminal acetylenes is 1. The van der Waals surface area contributed by atoms with Crippen molar-refractivity contribution in [2.45, 2.75) is 13.8 Å². The second kappa shape index (κ2) is 10.2. The molecule has 0 bridgehead atoms. The van der Waals surface area contributed by atoms with Crippen LogP contribution in [0, 0.1) is 22.8 Å². The fourth-order valence-corrected chi connectivity index (χ4v) is 3.31. The molecule has 0 atom stereocenters. The highest BCUT2D eigenvalue weighted by Gasteiger charge is 2.12. The minimum absolute atomic E-state index is 0.150. The van der Waals surface area contributed by atoms with Crippen molar-refractivity contribution in [3.05, 3.63) is 55.6 Å². The molecular weight excluding hydrogens is 479 g/mol. The first-order valence-corrected chi connectivity index (χ1v) is 9.54. The molecule has 5 nitrogen and oxygen atoms in total. The van der Waals surface area contributed by atoms with E-state index < -0.39 is 0 Å². The summed E-state index contributed by atoms with van der Waals surface area (Å²) in [6.07, 6.45) is 6.78. The van der Waals surface area contributed by atoms with Crippen LogP contribution in [0.1, 0.15) is 28.4 Å². The molecule has 0 aliphatic rings. The number of halogens is 2. The number of nitrogens with zero attached hydrogens (tertiary/aromatic N) is 1. The fourth-order valence-electron chi connectivity index (χ4n) is 2.21. The van der Waals surface area contributed by atoms with Gasteiger partial charge in [-0.25, -0.2) is 5.43 Å². The molecule has 0 fully saturated rings. The van der Waals surface area contributed by atoms with Crippen LogP contribution in [-0.2, 0) is 0 Å². The summed E-state index contributed by atoms with van der Waals surface area (Å²) in [5.74, 6) is 3.20. The van der Waals surface area contributed by atoms with Crippen LogP contribution in [0.3, 0.4) is 0 Å². The van der Waals surface area contributed by atoms with E-state index in [-0.39, 0.29) is 12.5 Å². The van der Waals surface area contributed by atoms with E-state index in [4.69, 9.17) is 27.5 Å². The van der Waals surface area contributed by atoms with Crippen LogP contribution in [0.4, 0.5) is 0 Å². The van der Waals surface area contributed by atoms with Gasteiger partial charge >= 0.3 is 0 Å². The molecule has 0 aliphatic heterocycles. The lowest BCUT2D eigenvalue weighted by Gasteiger charge is -2.13. The second-order valence-electron chi connectivity index (χ2n) is 5.44. The lowest BCUT2D eigenvalue weighted by Crippen LogP contribution is -2.18. The molecule has 1 N–H and O–H groups in total. The Labute approximate surface area is 177 Å². The molecule has 1 amide bonds. The Morgan fingerprint density at radius 3 is 2.81 bits per heavy atom. The number of carbonyl (C=O) groups is 1. The Kier molecular flexibility index (Phi) is 7.95. The predicted molar refractivity (Wildman–Crippen MR) is 116 cm³/mol. The summed E-state index contributed by atoms with van der Waals surface area (Å²) < 4.78 is 12.0. The Morgan fingerprint density at radius 1 is 1.37 bits per heavy atom. The van der Waals surface area contributed by atoms with Gasteiger partial charge in [-0.1, -0.05) is 23.6 Å². The number of benzene rings is 2. The summed E-state index contributed by atoms with van der Waals surface area (Å²) >= 11 is 8.23. The number of nitrogens with one attached hydrogen (secondary N) is 1. The standard InChI is InChI=1S/C20H18ClIN2O3/c1-4-8-27-19-17(22)10-14(11-18(19)26-5-2)12-23-24-20(25)15-7-6-13(3)9-16(15)21/h1,6-7,9-12H,5,8H2,2-3H3,(H,24,25)/b23-12-. The Bertz CT molecular complexity index is 907. The topological polar surface area (TPSA) is 59.9 Å². The van der Waals surface area contributed by atoms with Crippen molar-refractivity contribution in [2.24, 2.45) is 5.10 Å². The van der Waals surface area contributed by atoms with Gasteiger partial charge in [-0.2, -0.15) is 5.10 Å². The van der Waals surface area contributed by atoms with E-state index in [9.17, 15) is 4.79 Å². The second-order valence-corrected chi connectivity index (χ2v) is 7.01. The number of hydrazone groups is 1. The minimum Gasteiger partial charge on any atom is -0.490 e. The molecule has 0 spiro atoms. The Hall–Kier alpha value is -2.24. The van der Waals surface area contributed by atoms with Gasteiger partial charge in [0.15, 0.2) is 11.5 Å². The first-order chi connectivity index (χ1) is 13.0. The van der Waals surface area contributed by atoms with E-state index in [0.717, 1.165) is 14.7 Å². The van der Waals surface area contributed by atoms with Crippen molar-refractivity contribution in [1.29, 1.82) is 0 Å². The van der Waals surface area contributed by atoms with Crippen LogP contribution in [-0.4, -0.2) is 25.3 Å². The first-order valence-electron chi connectivity index (χ1n) is 8.08. The summed E-state index contributed by atoms with van der Waals surface area (Å²) in [5.41, 5.74) is 4.55. The number of aryl methyl sites for hydroxylation is 1. The van der Waals surface area contributed by atoms with Gasteiger partial charge in [0, 0.05) is 0 Å². The molecule has 2 aromatic rings. The van der Waals surface area contributed by atoms with Crippen LogP contribution >= 0.6 is 34.2 Å². The number of carbonyl (C=O) groups excluding carboxylic acids is 1. The van der Waals surface area contributed by atoms with Crippen molar-refractivity contribution >= 4 is 46.3 Å². The van der Waals surface area contributed by atoms with E-state index in [1.807, 2.05) is 26.0 Å². The first kappa shape index (κ1) is 21.1. The van der Waals surface area contributed by atoms with E-state index in [2.05, 4.69) is 39.0 Å². The van der Waals surface area contributed by atoms with Crippen molar-refractivity contribution in [2.75, 3.05) is 13.2 Å². The zero-order chi connectivity index (χ0) is 19.8. The van der Waals surface area contributed by atoms with Crippen molar-refractivity contribution in [3.63, 3.8) is 0 Å². The molecule has 0 unspecified atom stereocenters. The lowest BCUT2D eigenvalue weighted by molar-refractivity contribution is 0.0955. The number of ether oxygens (including phenoxy) is 2. The Morgan fingerprint density at radius 2 is 2.15 bits per heavy atom. The smallest absolute Gasteiger partial charge is 0.272 e. The molecule has 0 aromatic heterocycles. The number of rotatable bonds is 7. The molecule has 7 heteroatoms. The third kappa shape index (κ3) is 5.88. The summed E-state index contributed by atoms with van der Waals surface area (Å²) in [7, 11) is 0. The summed E-state index contributed by atoms with van der Waals surface area (Å²) in [6, 6.07) is 8.83. The van der Waals surface area contributed by atoms with Gasteiger partial charge in [-0.3, -0.25) is 4.79 Å². The highest BCUT2D eigenvalue weighted by Crippen LogP contribution is 2.33. The predicted octanol–water partition coefficient (Wildman–Crippen LogP) is 4.43. The normalized spacial score (nSPS) is 10.5. The number of hydrogen-bond donors (Lipinski definition) is 1. The fraction of sp³-hybridized carbons (Fsp3) is 0.200. The molecule has 0 saturated heterocycles. The van der Waals surface area contributed by atoms with Gasteiger partial charge in [0.2, 0.25) is 0 Å². The third-order valence-corrected chi connectivity index (χ3v) is 4.49. The van der Waals surface area contributed by atoms with Crippen molar-refractivity contribution < 1.29 is 14.3 Å². The van der Waals surface area contributed by atoms with Gasteiger partial charge < -0.3 is 9.47 Å². The van der Waals surface area contributed by atoms with Crippen molar-refractivity contribution in [1.82, 2.24) is 5.43 Å². The molecule has 140 valence electrons. The molecule has 0 saturated carbocycles. The zero-order valence-electron chi connectivity index (χ0n) is 14.9. The summed E-state index contributed by atoms with van der Waals surface area (Å²) in [5, 5.41) is 4.38. The lowest BCUT2D eigenvalue weighted by atomic mass is 10.1. The van der Waals surface area contributed by atoms with Crippen LogP contribution in [0.2, 0.25) is 5.02 Å². The maximum absolute atomic E-state index is 12.2. The average molecular weight is 497 g/mol. The highest BCUT2D eigenvalue weighted by molar-refractivity contribution is 14.1. The Balaban J connectivity index is 2.16. The molecule has 2 rings (SSSR count). The molecule has 0 radical (unpaired) electrons. The molecule has 27 heavy (non-hydrogen) atoms. The van der Waals surface area contributed by atoms with Crippen LogP contribution in [0.25, 0.3) is 0 Å². The SMILES string of the molecule is C#CCOc1c(I)cc(/C=N\NC(=O)c2ccc(C)cc2Cl)cc1OCC. The minimum atomic E-state index is -0.384. The third-order valence-electron chi connectivity index (χ3n) is 3.38. The maximum atomic E-state index is 12.2. The largest absolute Gasteiger partial charge is 0.490 e. The number of amides is 1. The van der Waals surface area contributed by atoms with E-state index in [0.29, 0.717) is 28.7 Å². The van der Waals surface area contributed by atoms with Crippen LogP contribution in [0.15, 0.2) is 35.4 Å². The van der Waals surface area contributed by atoms with Gasteiger partial charge in [0.05, 0.1) is 27.0 Å². The van der Waals surface area contributed by atoms with E-state index in [1.165, 1.54) is 6.21 Å². The monoisotopic (exact) mass is 496 g/mol. The maximum Gasteiger partial charge on any atom is 0.272 e. The summed E-state index contributed by atoms with van der Waals surface area (Å²) in [4.78, 5) is 12.2. The molecule has 2 aromatic carbocycles. The molecule has 0 heterocycles.